The van der Waals surface area contributed by atoms with Gasteiger partial charge in [-0.3, -0.25) is 9.59 Å². The van der Waals surface area contributed by atoms with Crippen molar-refractivity contribution in [1.29, 1.82) is 0 Å². The van der Waals surface area contributed by atoms with Crippen molar-refractivity contribution < 1.29 is 14.7 Å². The fraction of sp³-hybridized carbons (Fsp3) is 0.800. The number of amides is 1. The highest BCUT2D eigenvalue weighted by Gasteiger charge is 2.21. The lowest BCUT2D eigenvalue weighted by molar-refractivity contribution is -0.141. The van der Waals surface area contributed by atoms with Crippen molar-refractivity contribution in [3.63, 3.8) is 0 Å². The van der Waals surface area contributed by atoms with E-state index in [1.165, 1.54) is 0 Å². The summed E-state index contributed by atoms with van der Waals surface area (Å²) in [6.07, 6.45) is 2.39. The van der Waals surface area contributed by atoms with Gasteiger partial charge in [0.25, 0.3) is 0 Å². The van der Waals surface area contributed by atoms with Crippen LogP contribution in [0.2, 0.25) is 0 Å². The lowest BCUT2D eigenvalue weighted by Gasteiger charge is -2.12. The number of carbonyl (C=O) groups is 2. The molecule has 1 amide bonds. The quantitative estimate of drug-likeness (QED) is 0.600. The first-order valence-electron chi connectivity index (χ1n) is 5.35. The lowest BCUT2D eigenvalue weighted by Crippen LogP contribution is -2.41. The predicted molar refractivity (Wildman–Crippen MR) is 55.5 cm³/mol. The monoisotopic (exact) mass is 214 g/mol. The standard InChI is InChI=1S/C10H18N2O3/c1-7(10(14)15)4-6-12-9(13)8-3-2-5-11-8/h7-8,11H,2-6H2,1H3,(H,12,13)(H,14,15)/t7?,8-/m1/s1. The number of carboxylic acid groups (broad SMARTS) is 1. The largest absolute Gasteiger partial charge is 0.481 e. The molecule has 1 saturated heterocycles. The van der Waals surface area contributed by atoms with Crippen molar-refractivity contribution in [2.75, 3.05) is 13.1 Å². The van der Waals surface area contributed by atoms with Gasteiger partial charge in [0.15, 0.2) is 0 Å². The lowest BCUT2D eigenvalue weighted by atomic mass is 10.1. The number of nitrogens with one attached hydrogen (secondary N) is 2. The third-order valence-corrected chi connectivity index (χ3v) is 2.67. The van der Waals surface area contributed by atoms with Crippen LogP contribution >= 0.6 is 0 Å². The molecule has 0 radical (unpaired) electrons. The summed E-state index contributed by atoms with van der Waals surface area (Å²) in [4.78, 5) is 22.0. The zero-order chi connectivity index (χ0) is 11.3. The van der Waals surface area contributed by atoms with Crippen LogP contribution in [0.25, 0.3) is 0 Å². The average molecular weight is 214 g/mol. The highest BCUT2D eigenvalue weighted by atomic mass is 16.4. The maximum Gasteiger partial charge on any atom is 0.306 e. The molecule has 1 unspecified atom stereocenters. The van der Waals surface area contributed by atoms with Crippen molar-refractivity contribution >= 4 is 11.9 Å². The zero-order valence-corrected chi connectivity index (χ0v) is 8.95. The van der Waals surface area contributed by atoms with Crippen molar-refractivity contribution in [2.24, 2.45) is 5.92 Å². The van der Waals surface area contributed by atoms with Gasteiger partial charge in [-0.25, -0.2) is 0 Å². The van der Waals surface area contributed by atoms with E-state index in [1.54, 1.807) is 6.92 Å². The van der Waals surface area contributed by atoms with E-state index >= 15 is 0 Å². The Labute approximate surface area is 89.2 Å². The fourth-order valence-corrected chi connectivity index (χ4v) is 1.57. The highest BCUT2D eigenvalue weighted by Crippen LogP contribution is 2.05. The van der Waals surface area contributed by atoms with Crippen LogP contribution in [0, 0.1) is 5.92 Å². The molecule has 1 heterocycles. The van der Waals surface area contributed by atoms with Crippen LogP contribution in [0.5, 0.6) is 0 Å². The Morgan fingerprint density at radius 2 is 2.33 bits per heavy atom. The summed E-state index contributed by atoms with van der Waals surface area (Å²) in [5.41, 5.74) is 0. The van der Waals surface area contributed by atoms with Gasteiger partial charge in [-0.2, -0.15) is 0 Å². The first-order chi connectivity index (χ1) is 7.11. The fourth-order valence-electron chi connectivity index (χ4n) is 1.57. The van der Waals surface area contributed by atoms with Crippen LogP contribution in [-0.4, -0.2) is 36.1 Å². The van der Waals surface area contributed by atoms with Gasteiger partial charge in [0.2, 0.25) is 5.91 Å². The summed E-state index contributed by atoms with van der Waals surface area (Å²) in [7, 11) is 0. The van der Waals surface area contributed by atoms with Crippen LogP contribution in [0.15, 0.2) is 0 Å². The van der Waals surface area contributed by atoms with Crippen LogP contribution in [0.1, 0.15) is 26.2 Å². The van der Waals surface area contributed by atoms with E-state index in [4.69, 9.17) is 5.11 Å². The Morgan fingerprint density at radius 3 is 2.87 bits per heavy atom. The summed E-state index contributed by atoms with van der Waals surface area (Å²) in [6, 6.07) is -0.0786. The molecule has 5 heteroatoms. The van der Waals surface area contributed by atoms with Gasteiger partial charge in [-0.1, -0.05) is 6.92 Å². The minimum absolute atomic E-state index is 0.00918. The molecule has 1 aliphatic rings. The minimum atomic E-state index is -0.816. The van der Waals surface area contributed by atoms with Crippen LogP contribution in [-0.2, 0) is 9.59 Å². The smallest absolute Gasteiger partial charge is 0.306 e. The Balaban J connectivity index is 2.14. The second-order valence-electron chi connectivity index (χ2n) is 3.97. The molecule has 86 valence electrons. The molecular formula is C10H18N2O3. The Morgan fingerprint density at radius 1 is 1.60 bits per heavy atom. The van der Waals surface area contributed by atoms with E-state index in [-0.39, 0.29) is 11.9 Å². The van der Waals surface area contributed by atoms with E-state index in [0.717, 1.165) is 19.4 Å². The summed E-state index contributed by atoms with van der Waals surface area (Å²) in [5, 5.41) is 14.5. The minimum Gasteiger partial charge on any atom is -0.481 e. The Bertz CT molecular complexity index is 237. The SMILES string of the molecule is CC(CCNC(=O)[C@H]1CCCN1)C(=O)O. The molecule has 0 bridgehead atoms. The molecule has 0 spiro atoms. The molecule has 0 saturated carbocycles. The molecule has 0 aromatic carbocycles. The summed E-state index contributed by atoms with van der Waals surface area (Å²) >= 11 is 0. The second-order valence-corrected chi connectivity index (χ2v) is 3.97. The number of carboxylic acids is 1. The van der Waals surface area contributed by atoms with Gasteiger partial charge in [0.05, 0.1) is 12.0 Å². The predicted octanol–water partition coefficient (Wildman–Crippen LogP) is -0.0346. The zero-order valence-electron chi connectivity index (χ0n) is 8.95. The molecule has 0 aromatic heterocycles. The van der Waals surface area contributed by atoms with Gasteiger partial charge in [-0.15, -0.1) is 0 Å². The van der Waals surface area contributed by atoms with Gasteiger partial charge >= 0.3 is 5.97 Å². The summed E-state index contributed by atoms with van der Waals surface area (Å²) in [5.74, 6) is -1.23. The molecule has 15 heavy (non-hydrogen) atoms. The highest BCUT2D eigenvalue weighted by molar-refractivity contribution is 5.82. The van der Waals surface area contributed by atoms with E-state index in [0.29, 0.717) is 13.0 Å². The molecule has 2 atom stereocenters. The van der Waals surface area contributed by atoms with Crippen LogP contribution in [0.4, 0.5) is 0 Å². The topological polar surface area (TPSA) is 78.4 Å². The molecule has 1 fully saturated rings. The van der Waals surface area contributed by atoms with Crippen molar-refractivity contribution in [3.8, 4) is 0 Å². The third kappa shape index (κ3) is 3.87. The van der Waals surface area contributed by atoms with Crippen molar-refractivity contribution in [3.05, 3.63) is 0 Å². The van der Waals surface area contributed by atoms with Crippen molar-refractivity contribution in [1.82, 2.24) is 10.6 Å². The third-order valence-electron chi connectivity index (χ3n) is 2.67. The van der Waals surface area contributed by atoms with Gasteiger partial charge < -0.3 is 15.7 Å². The average Bonchev–Trinajstić information content (AvgIpc) is 2.70. The van der Waals surface area contributed by atoms with E-state index in [2.05, 4.69) is 10.6 Å². The molecule has 5 nitrogen and oxygen atoms in total. The molecule has 0 aliphatic carbocycles. The van der Waals surface area contributed by atoms with E-state index < -0.39 is 11.9 Å². The number of hydrogen-bond acceptors (Lipinski definition) is 3. The van der Waals surface area contributed by atoms with E-state index in [1.807, 2.05) is 0 Å². The number of aliphatic carboxylic acids is 1. The van der Waals surface area contributed by atoms with E-state index in [9.17, 15) is 9.59 Å². The normalized spacial score (nSPS) is 22.3. The van der Waals surface area contributed by atoms with Crippen molar-refractivity contribution in [2.45, 2.75) is 32.2 Å². The first kappa shape index (κ1) is 12.0. The number of rotatable bonds is 5. The Kier molecular flexibility index (Phi) is 4.55. The summed E-state index contributed by atoms with van der Waals surface area (Å²) < 4.78 is 0. The molecule has 1 aliphatic heterocycles. The molecule has 3 N–H and O–H groups in total. The molecular weight excluding hydrogens is 196 g/mol. The Hall–Kier alpha value is -1.10. The molecule has 0 aromatic rings. The van der Waals surface area contributed by atoms with Gasteiger partial charge in [0.1, 0.15) is 0 Å². The summed E-state index contributed by atoms with van der Waals surface area (Å²) in [6.45, 7) is 2.97. The van der Waals surface area contributed by atoms with Crippen LogP contribution in [0.3, 0.4) is 0 Å². The number of carbonyl (C=O) groups excluding carboxylic acids is 1. The molecule has 1 rings (SSSR count). The first-order valence-corrected chi connectivity index (χ1v) is 5.35. The van der Waals surface area contributed by atoms with Gasteiger partial charge in [0, 0.05) is 6.54 Å². The van der Waals surface area contributed by atoms with Crippen LogP contribution < -0.4 is 10.6 Å². The number of hydrogen-bond donors (Lipinski definition) is 3. The van der Waals surface area contributed by atoms with Gasteiger partial charge in [-0.05, 0) is 25.8 Å². The second kappa shape index (κ2) is 5.70. The maximum atomic E-state index is 11.5. The maximum absolute atomic E-state index is 11.5.